The van der Waals surface area contributed by atoms with Crippen molar-refractivity contribution in [2.75, 3.05) is 30.9 Å². The zero-order chi connectivity index (χ0) is 13.8. The molecule has 1 aromatic rings. The summed E-state index contributed by atoms with van der Waals surface area (Å²) in [5, 5.41) is 3.63. The molecule has 2 nitrogen and oxygen atoms in total. The number of nitrogens with zero attached hydrogens (tertiary/aromatic N) is 1. The van der Waals surface area contributed by atoms with Crippen molar-refractivity contribution in [3.05, 3.63) is 23.8 Å². The molecule has 0 amide bonds. The Kier molecular flexibility index (Phi) is 4.73. The largest absolute Gasteiger partial charge is 0.385 e. The maximum Gasteiger partial charge on any atom is 0.0411 e. The number of aryl methyl sites for hydroxylation is 1. The number of benzene rings is 1. The topological polar surface area (TPSA) is 15.3 Å². The molecular weight excluding hydrogens is 232 g/mol. The number of nitrogens with one attached hydrogen (secondary N) is 1. The number of hydrogen-bond acceptors (Lipinski definition) is 2. The van der Waals surface area contributed by atoms with Crippen molar-refractivity contribution in [3.63, 3.8) is 0 Å². The molecule has 1 fully saturated rings. The fourth-order valence-corrected chi connectivity index (χ4v) is 3.00. The molecule has 0 saturated heterocycles. The van der Waals surface area contributed by atoms with E-state index in [4.69, 9.17) is 0 Å². The summed E-state index contributed by atoms with van der Waals surface area (Å²) in [5.41, 5.74) is 3.90. The van der Waals surface area contributed by atoms with Crippen molar-refractivity contribution in [2.24, 2.45) is 11.8 Å². The van der Waals surface area contributed by atoms with Crippen molar-refractivity contribution in [2.45, 2.75) is 39.5 Å². The van der Waals surface area contributed by atoms with Gasteiger partial charge in [-0.1, -0.05) is 25.8 Å². The van der Waals surface area contributed by atoms with Crippen molar-refractivity contribution in [1.29, 1.82) is 0 Å². The summed E-state index contributed by atoms with van der Waals surface area (Å²) in [7, 11) is 4.21. The molecule has 106 valence electrons. The van der Waals surface area contributed by atoms with E-state index in [-0.39, 0.29) is 0 Å². The van der Waals surface area contributed by atoms with Crippen LogP contribution in [0.1, 0.15) is 38.2 Å². The summed E-state index contributed by atoms with van der Waals surface area (Å²) < 4.78 is 0. The molecule has 1 aliphatic rings. The van der Waals surface area contributed by atoms with E-state index in [1.54, 1.807) is 0 Å². The summed E-state index contributed by atoms with van der Waals surface area (Å²) in [6, 6.07) is 6.68. The Hall–Kier alpha value is -1.18. The molecule has 0 unspecified atom stereocenters. The van der Waals surface area contributed by atoms with Crippen molar-refractivity contribution < 1.29 is 0 Å². The SMILES string of the molecule is Cc1ccc(NCC2CCC(C)CC2)cc1N(C)C. The van der Waals surface area contributed by atoms with Crippen LogP contribution in [0.2, 0.25) is 0 Å². The zero-order valence-electron chi connectivity index (χ0n) is 12.9. The maximum atomic E-state index is 3.63. The standard InChI is InChI=1S/C17H28N2/c1-13-5-8-15(9-6-13)12-18-16-10-7-14(2)17(11-16)19(3)4/h7,10-11,13,15,18H,5-6,8-9,12H2,1-4H3. The molecule has 1 aliphatic carbocycles. The lowest BCUT2D eigenvalue weighted by molar-refractivity contribution is 0.300. The number of anilines is 2. The molecule has 0 radical (unpaired) electrons. The summed E-state index contributed by atoms with van der Waals surface area (Å²) in [6.07, 6.45) is 5.59. The van der Waals surface area contributed by atoms with Crippen LogP contribution in [0.3, 0.4) is 0 Å². The van der Waals surface area contributed by atoms with E-state index in [0.717, 1.165) is 18.4 Å². The lowest BCUT2D eigenvalue weighted by Gasteiger charge is -2.27. The lowest BCUT2D eigenvalue weighted by Crippen LogP contribution is -2.20. The highest BCUT2D eigenvalue weighted by atomic mass is 15.1. The van der Waals surface area contributed by atoms with Gasteiger partial charge in [0, 0.05) is 32.0 Å². The first-order chi connectivity index (χ1) is 9.06. The maximum absolute atomic E-state index is 3.63. The Morgan fingerprint density at radius 3 is 2.47 bits per heavy atom. The van der Waals surface area contributed by atoms with Crippen LogP contribution >= 0.6 is 0 Å². The van der Waals surface area contributed by atoms with Crippen LogP contribution in [0, 0.1) is 18.8 Å². The number of hydrogen-bond donors (Lipinski definition) is 1. The van der Waals surface area contributed by atoms with Crippen LogP contribution in [0.4, 0.5) is 11.4 Å². The van der Waals surface area contributed by atoms with E-state index in [2.05, 4.69) is 56.4 Å². The van der Waals surface area contributed by atoms with Crippen LogP contribution in [0.15, 0.2) is 18.2 Å². The molecule has 19 heavy (non-hydrogen) atoms. The van der Waals surface area contributed by atoms with Gasteiger partial charge >= 0.3 is 0 Å². The van der Waals surface area contributed by atoms with E-state index in [1.165, 1.54) is 42.6 Å². The van der Waals surface area contributed by atoms with E-state index >= 15 is 0 Å². The third-order valence-electron chi connectivity index (χ3n) is 4.42. The third-order valence-corrected chi connectivity index (χ3v) is 4.42. The number of rotatable bonds is 4. The summed E-state index contributed by atoms with van der Waals surface area (Å²) in [4.78, 5) is 2.18. The van der Waals surface area contributed by atoms with E-state index in [1.807, 2.05) is 0 Å². The molecular formula is C17H28N2. The zero-order valence-corrected chi connectivity index (χ0v) is 12.9. The second-order valence-electron chi connectivity index (χ2n) is 6.40. The highest BCUT2D eigenvalue weighted by Gasteiger charge is 2.17. The highest BCUT2D eigenvalue weighted by Crippen LogP contribution is 2.29. The Labute approximate surface area is 118 Å². The summed E-state index contributed by atoms with van der Waals surface area (Å²) >= 11 is 0. The molecule has 1 aromatic carbocycles. The van der Waals surface area contributed by atoms with Gasteiger partial charge in [0.05, 0.1) is 0 Å². The van der Waals surface area contributed by atoms with Gasteiger partial charge < -0.3 is 10.2 Å². The Morgan fingerprint density at radius 2 is 1.84 bits per heavy atom. The average Bonchev–Trinajstić information content (AvgIpc) is 2.39. The van der Waals surface area contributed by atoms with E-state index in [0.29, 0.717) is 0 Å². The molecule has 2 heteroatoms. The fourth-order valence-electron chi connectivity index (χ4n) is 3.00. The smallest absolute Gasteiger partial charge is 0.0411 e. The Bertz CT molecular complexity index is 404. The second-order valence-corrected chi connectivity index (χ2v) is 6.40. The van der Waals surface area contributed by atoms with Gasteiger partial charge in [-0.05, 0) is 49.3 Å². The van der Waals surface area contributed by atoms with Crippen LogP contribution in [-0.2, 0) is 0 Å². The van der Waals surface area contributed by atoms with Gasteiger partial charge in [0.2, 0.25) is 0 Å². The molecule has 0 bridgehead atoms. The van der Waals surface area contributed by atoms with Gasteiger partial charge in [-0.15, -0.1) is 0 Å². The second kappa shape index (κ2) is 6.31. The van der Waals surface area contributed by atoms with Gasteiger partial charge in [0.1, 0.15) is 0 Å². The first-order valence-electron chi connectivity index (χ1n) is 7.58. The predicted molar refractivity (Wildman–Crippen MR) is 85.1 cm³/mol. The normalized spacial score (nSPS) is 23.2. The minimum Gasteiger partial charge on any atom is -0.385 e. The van der Waals surface area contributed by atoms with E-state index < -0.39 is 0 Å². The fraction of sp³-hybridized carbons (Fsp3) is 0.647. The third kappa shape index (κ3) is 3.89. The van der Waals surface area contributed by atoms with Gasteiger partial charge in [-0.25, -0.2) is 0 Å². The summed E-state index contributed by atoms with van der Waals surface area (Å²) in [6.45, 7) is 5.68. The molecule has 1 N–H and O–H groups in total. The van der Waals surface area contributed by atoms with Crippen molar-refractivity contribution in [1.82, 2.24) is 0 Å². The van der Waals surface area contributed by atoms with Crippen molar-refractivity contribution >= 4 is 11.4 Å². The molecule has 0 aromatic heterocycles. The highest BCUT2D eigenvalue weighted by molar-refractivity contribution is 5.61. The Balaban J connectivity index is 1.91. The molecule has 2 rings (SSSR count). The van der Waals surface area contributed by atoms with Gasteiger partial charge in [0.25, 0.3) is 0 Å². The molecule has 0 atom stereocenters. The molecule has 0 spiro atoms. The van der Waals surface area contributed by atoms with Gasteiger partial charge in [-0.2, -0.15) is 0 Å². The van der Waals surface area contributed by atoms with Gasteiger partial charge in [0.15, 0.2) is 0 Å². The van der Waals surface area contributed by atoms with Crippen molar-refractivity contribution in [3.8, 4) is 0 Å². The first-order valence-corrected chi connectivity index (χ1v) is 7.58. The van der Waals surface area contributed by atoms with Crippen LogP contribution in [0.5, 0.6) is 0 Å². The minimum absolute atomic E-state index is 0.861. The van der Waals surface area contributed by atoms with Crippen LogP contribution < -0.4 is 10.2 Å². The quantitative estimate of drug-likeness (QED) is 0.868. The minimum atomic E-state index is 0.861. The van der Waals surface area contributed by atoms with Crippen LogP contribution in [0.25, 0.3) is 0 Å². The predicted octanol–water partition coefficient (Wildman–Crippen LogP) is 4.30. The average molecular weight is 260 g/mol. The first kappa shape index (κ1) is 14.2. The Morgan fingerprint density at radius 1 is 1.16 bits per heavy atom. The molecule has 0 heterocycles. The van der Waals surface area contributed by atoms with E-state index in [9.17, 15) is 0 Å². The van der Waals surface area contributed by atoms with Gasteiger partial charge in [-0.3, -0.25) is 0 Å². The molecule has 1 saturated carbocycles. The van der Waals surface area contributed by atoms with Crippen LogP contribution in [-0.4, -0.2) is 20.6 Å². The lowest BCUT2D eigenvalue weighted by atomic mass is 9.83. The summed E-state index contributed by atoms with van der Waals surface area (Å²) in [5.74, 6) is 1.80. The molecule has 0 aliphatic heterocycles. The monoisotopic (exact) mass is 260 g/mol.